The van der Waals surface area contributed by atoms with Crippen molar-refractivity contribution in [3.63, 3.8) is 0 Å². The normalized spacial score (nSPS) is 32.5. The monoisotopic (exact) mass is 349 g/mol. The van der Waals surface area contributed by atoms with E-state index < -0.39 is 17.8 Å². The van der Waals surface area contributed by atoms with Crippen molar-refractivity contribution in [3.8, 4) is 0 Å². The van der Waals surface area contributed by atoms with Crippen LogP contribution in [0.2, 0.25) is 5.02 Å². The lowest BCUT2D eigenvalue weighted by molar-refractivity contribution is -0.157. The molecule has 1 amide bonds. The van der Waals surface area contributed by atoms with Gasteiger partial charge in [0.2, 0.25) is 0 Å². The number of amides is 1. The van der Waals surface area contributed by atoms with Crippen LogP contribution in [0, 0.1) is 23.7 Å². The van der Waals surface area contributed by atoms with Crippen molar-refractivity contribution in [2.24, 2.45) is 23.7 Å². The van der Waals surface area contributed by atoms with Crippen LogP contribution in [0.1, 0.15) is 12.8 Å². The summed E-state index contributed by atoms with van der Waals surface area (Å²) in [7, 11) is 0. The first kappa shape index (κ1) is 15.4. The number of carbonyl (C=O) groups excluding carboxylic acids is 3. The average Bonchev–Trinajstić information content (AvgIpc) is 3.16. The Bertz CT molecular complexity index is 701. The molecule has 126 valence electrons. The van der Waals surface area contributed by atoms with Crippen molar-refractivity contribution in [2.75, 3.05) is 11.9 Å². The van der Waals surface area contributed by atoms with Crippen LogP contribution >= 0.6 is 11.6 Å². The van der Waals surface area contributed by atoms with E-state index in [-0.39, 0.29) is 36.4 Å². The average molecular weight is 350 g/mol. The van der Waals surface area contributed by atoms with E-state index in [0.717, 1.165) is 12.8 Å². The van der Waals surface area contributed by atoms with E-state index in [1.54, 1.807) is 24.3 Å². The first-order chi connectivity index (χ1) is 11.5. The molecule has 1 saturated heterocycles. The molecule has 4 rings (SSSR count). The van der Waals surface area contributed by atoms with Crippen LogP contribution in [0.5, 0.6) is 0 Å². The molecular weight excluding hydrogens is 334 g/mol. The minimum atomic E-state index is -0.476. The van der Waals surface area contributed by atoms with Gasteiger partial charge in [0.1, 0.15) is 6.10 Å². The molecule has 7 heteroatoms. The van der Waals surface area contributed by atoms with Crippen LogP contribution in [0.3, 0.4) is 0 Å². The van der Waals surface area contributed by atoms with E-state index in [0.29, 0.717) is 10.7 Å². The van der Waals surface area contributed by atoms with Crippen molar-refractivity contribution in [1.29, 1.82) is 0 Å². The lowest BCUT2D eigenvalue weighted by atomic mass is 9.80. The quantitative estimate of drug-likeness (QED) is 0.841. The van der Waals surface area contributed by atoms with Crippen molar-refractivity contribution < 1.29 is 23.9 Å². The maximum Gasteiger partial charge on any atom is 0.310 e. The molecule has 2 saturated carbocycles. The third-order valence-corrected chi connectivity index (χ3v) is 5.48. The standard InChI is InChI=1S/C17H16ClNO5/c18-9-1-3-10(4-2-9)19-13(20)7-23-16(21)14-8-5-11-12(6-8)24-17(22)15(11)14/h1-4,8,11-12,14-15H,5-7H2,(H,19,20)/t8-,11-,12-,14-,15+/m1/s1. The van der Waals surface area contributed by atoms with Gasteiger partial charge in [-0.2, -0.15) is 0 Å². The van der Waals surface area contributed by atoms with Gasteiger partial charge in [-0.15, -0.1) is 0 Å². The number of anilines is 1. The van der Waals surface area contributed by atoms with E-state index in [1.807, 2.05) is 0 Å². The predicted octanol–water partition coefficient (Wildman–Crippen LogP) is 2.02. The van der Waals surface area contributed by atoms with Gasteiger partial charge in [0.25, 0.3) is 5.91 Å². The van der Waals surface area contributed by atoms with Gasteiger partial charge in [-0.25, -0.2) is 0 Å². The second-order valence-electron chi connectivity index (χ2n) is 6.59. The van der Waals surface area contributed by atoms with E-state index in [4.69, 9.17) is 21.1 Å². The second kappa shape index (κ2) is 5.77. The Hall–Kier alpha value is -2.08. The molecule has 5 atom stereocenters. The molecule has 1 N–H and O–H groups in total. The maximum absolute atomic E-state index is 12.3. The Labute approximate surface area is 143 Å². The summed E-state index contributed by atoms with van der Waals surface area (Å²) in [6.45, 7) is -0.374. The Morgan fingerprint density at radius 2 is 2.00 bits per heavy atom. The summed E-state index contributed by atoms with van der Waals surface area (Å²) in [6, 6.07) is 6.63. The lowest BCUT2D eigenvalue weighted by Gasteiger charge is -2.22. The molecule has 3 aliphatic rings. The molecule has 0 aromatic heterocycles. The minimum absolute atomic E-state index is 0.0234. The fraction of sp³-hybridized carbons (Fsp3) is 0.471. The van der Waals surface area contributed by atoms with Gasteiger partial charge >= 0.3 is 11.9 Å². The number of benzene rings is 1. The molecule has 6 nitrogen and oxygen atoms in total. The molecule has 0 radical (unpaired) electrons. The van der Waals surface area contributed by atoms with Gasteiger partial charge in [-0.1, -0.05) is 11.6 Å². The van der Waals surface area contributed by atoms with Gasteiger partial charge in [-0.3, -0.25) is 14.4 Å². The lowest BCUT2D eigenvalue weighted by Crippen LogP contribution is -2.34. The molecule has 1 aromatic carbocycles. The molecule has 2 aliphatic carbocycles. The minimum Gasteiger partial charge on any atom is -0.462 e. The number of hydrogen-bond acceptors (Lipinski definition) is 5. The molecule has 0 unspecified atom stereocenters. The number of halogens is 1. The zero-order valence-corrected chi connectivity index (χ0v) is 13.5. The SMILES string of the molecule is O=C(COC(=O)[C@@H]1[C@@H]2C[C@H]3[C@@H]1C(=O)O[C@@H]3C2)Nc1ccc(Cl)cc1. The van der Waals surface area contributed by atoms with Gasteiger partial charge in [0.05, 0.1) is 11.8 Å². The van der Waals surface area contributed by atoms with Crippen LogP contribution in [0.15, 0.2) is 24.3 Å². The highest BCUT2D eigenvalue weighted by Crippen LogP contribution is 2.57. The number of fused-ring (bicyclic) bond motifs is 1. The molecule has 1 aliphatic heterocycles. The molecule has 1 aromatic rings. The summed E-state index contributed by atoms with van der Waals surface area (Å²) in [4.78, 5) is 36.1. The van der Waals surface area contributed by atoms with Crippen LogP contribution in [-0.4, -0.2) is 30.6 Å². The van der Waals surface area contributed by atoms with E-state index in [2.05, 4.69) is 5.32 Å². The highest BCUT2D eigenvalue weighted by atomic mass is 35.5. The number of esters is 2. The molecule has 1 heterocycles. The van der Waals surface area contributed by atoms with Crippen LogP contribution < -0.4 is 5.32 Å². The molecule has 24 heavy (non-hydrogen) atoms. The predicted molar refractivity (Wildman–Crippen MR) is 84.1 cm³/mol. The summed E-state index contributed by atoms with van der Waals surface area (Å²) in [6.07, 6.45) is 1.53. The first-order valence-electron chi connectivity index (χ1n) is 7.95. The molecular formula is C17H16ClNO5. The fourth-order valence-electron chi connectivity index (χ4n) is 4.29. The summed E-state index contributed by atoms with van der Waals surface area (Å²) in [5.74, 6) is -1.79. The highest BCUT2D eigenvalue weighted by molar-refractivity contribution is 6.30. The van der Waals surface area contributed by atoms with E-state index in [1.165, 1.54) is 0 Å². The molecule has 3 fully saturated rings. The van der Waals surface area contributed by atoms with E-state index >= 15 is 0 Å². The van der Waals surface area contributed by atoms with Crippen LogP contribution in [-0.2, 0) is 23.9 Å². The summed E-state index contributed by atoms with van der Waals surface area (Å²) < 4.78 is 10.4. The van der Waals surface area contributed by atoms with Crippen molar-refractivity contribution in [1.82, 2.24) is 0 Å². The topological polar surface area (TPSA) is 81.7 Å². The smallest absolute Gasteiger partial charge is 0.310 e. The van der Waals surface area contributed by atoms with Crippen molar-refractivity contribution >= 4 is 35.1 Å². The third-order valence-electron chi connectivity index (χ3n) is 5.23. The van der Waals surface area contributed by atoms with Gasteiger partial charge in [0, 0.05) is 16.6 Å². The first-order valence-corrected chi connectivity index (χ1v) is 8.33. The Morgan fingerprint density at radius 1 is 1.25 bits per heavy atom. The summed E-state index contributed by atoms with van der Waals surface area (Å²) in [5, 5.41) is 3.19. The maximum atomic E-state index is 12.3. The second-order valence-corrected chi connectivity index (χ2v) is 7.02. The summed E-state index contributed by atoms with van der Waals surface area (Å²) in [5.41, 5.74) is 0.572. The molecule has 2 bridgehead atoms. The number of nitrogens with one attached hydrogen (secondary N) is 1. The number of hydrogen-bond donors (Lipinski definition) is 1. The zero-order valence-electron chi connectivity index (χ0n) is 12.7. The van der Waals surface area contributed by atoms with Crippen LogP contribution in [0.25, 0.3) is 0 Å². The zero-order chi connectivity index (χ0) is 16.8. The number of carbonyl (C=O) groups is 3. The summed E-state index contributed by atoms with van der Waals surface area (Å²) >= 11 is 5.78. The number of ether oxygens (including phenoxy) is 2. The van der Waals surface area contributed by atoms with E-state index in [9.17, 15) is 14.4 Å². The van der Waals surface area contributed by atoms with Crippen LogP contribution in [0.4, 0.5) is 5.69 Å². The largest absolute Gasteiger partial charge is 0.462 e. The third kappa shape index (κ3) is 2.55. The number of rotatable bonds is 4. The van der Waals surface area contributed by atoms with Crippen molar-refractivity contribution in [3.05, 3.63) is 29.3 Å². The van der Waals surface area contributed by atoms with Gasteiger partial charge < -0.3 is 14.8 Å². The highest BCUT2D eigenvalue weighted by Gasteiger charge is 2.64. The van der Waals surface area contributed by atoms with Gasteiger partial charge in [0.15, 0.2) is 6.61 Å². The van der Waals surface area contributed by atoms with Gasteiger partial charge in [-0.05, 0) is 43.0 Å². The Morgan fingerprint density at radius 3 is 2.75 bits per heavy atom. The Kier molecular flexibility index (Phi) is 3.72. The fourth-order valence-corrected chi connectivity index (χ4v) is 4.41. The Balaban J connectivity index is 1.33. The molecule has 0 spiro atoms. The van der Waals surface area contributed by atoms with Crippen molar-refractivity contribution in [2.45, 2.75) is 18.9 Å².